The quantitative estimate of drug-likeness (QED) is 0.800. The molecule has 2 aliphatic heterocycles. The van der Waals surface area contributed by atoms with Crippen molar-refractivity contribution in [3.05, 3.63) is 59.5 Å². The molecule has 0 aromatic heterocycles. The van der Waals surface area contributed by atoms with Gasteiger partial charge < -0.3 is 9.47 Å². The molecule has 0 unspecified atom stereocenters. The molecule has 0 radical (unpaired) electrons. The fraction of sp³-hybridized carbons (Fsp3) is 0.214. The first-order valence-electron chi connectivity index (χ1n) is 5.86. The summed E-state index contributed by atoms with van der Waals surface area (Å²) >= 11 is 0. The highest BCUT2D eigenvalue weighted by Crippen LogP contribution is 2.28. The van der Waals surface area contributed by atoms with Gasteiger partial charge in [-0.25, -0.2) is 4.79 Å². The zero-order chi connectivity index (χ0) is 12.4. The number of benzene rings is 1. The molecule has 1 amide bonds. The van der Waals surface area contributed by atoms with Crippen molar-refractivity contribution in [1.82, 2.24) is 4.90 Å². The predicted molar refractivity (Wildman–Crippen MR) is 65.5 cm³/mol. The van der Waals surface area contributed by atoms with Gasteiger partial charge in [0.2, 0.25) is 0 Å². The van der Waals surface area contributed by atoms with Crippen LogP contribution in [0.1, 0.15) is 5.56 Å². The third kappa shape index (κ3) is 1.97. The van der Waals surface area contributed by atoms with Crippen molar-refractivity contribution in [2.45, 2.75) is 6.61 Å². The number of hydrogen-bond acceptors (Lipinski definition) is 3. The molecule has 4 heteroatoms. The minimum Gasteiger partial charge on any atom is -0.488 e. The van der Waals surface area contributed by atoms with Gasteiger partial charge >= 0.3 is 6.09 Å². The number of fused-ring (bicyclic) bond motifs is 1. The van der Waals surface area contributed by atoms with Crippen LogP contribution in [0.5, 0.6) is 0 Å². The van der Waals surface area contributed by atoms with Crippen molar-refractivity contribution in [3.63, 3.8) is 0 Å². The van der Waals surface area contributed by atoms with Gasteiger partial charge in [0.15, 0.2) is 0 Å². The third-order valence-electron chi connectivity index (χ3n) is 2.94. The number of rotatable bonds is 2. The van der Waals surface area contributed by atoms with Gasteiger partial charge in [0.25, 0.3) is 0 Å². The minimum absolute atomic E-state index is 0.291. The van der Waals surface area contributed by atoms with E-state index in [0.717, 1.165) is 17.0 Å². The Hall–Kier alpha value is -2.23. The van der Waals surface area contributed by atoms with Gasteiger partial charge in [-0.1, -0.05) is 30.3 Å². The maximum absolute atomic E-state index is 11.9. The lowest BCUT2D eigenvalue weighted by molar-refractivity contribution is 0.112. The summed E-state index contributed by atoms with van der Waals surface area (Å²) in [6.45, 7) is 1.35. The molecule has 0 fully saturated rings. The van der Waals surface area contributed by atoms with E-state index in [4.69, 9.17) is 9.47 Å². The van der Waals surface area contributed by atoms with Crippen LogP contribution in [-0.2, 0) is 16.1 Å². The minimum atomic E-state index is -0.332. The average Bonchev–Trinajstić information content (AvgIpc) is 2.99. The maximum atomic E-state index is 11.9. The summed E-state index contributed by atoms with van der Waals surface area (Å²) in [7, 11) is 0. The molecule has 1 aromatic rings. The number of carbonyl (C=O) groups is 1. The fourth-order valence-corrected chi connectivity index (χ4v) is 2.03. The molecule has 0 aliphatic carbocycles. The molecule has 2 heterocycles. The van der Waals surface area contributed by atoms with Gasteiger partial charge in [0, 0.05) is 0 Å². The van der Waals surface area contributed by atoms with Crippen LogP contribution in [0.25, 0.3) is 0 Å². The van der Waals surface area contributed by atoms with Crippen LogP contribution in [0.3, 0.4) is 0 Å². The molecule has 0 N–H and O–H groups in total. The van der Waals surface area contributed by atoms with E-state index in [-0.39, 0.29) is 6.09 Å². The van der Waals surface area contributed by atoms with E-state index in [9.17, 15) is 4.79 Å². The Kier molecular flexibility index (Phi) is 2.76. The van der Waals surface area contributed by atoms with Crippen molar-refractivity contribution in [2.75, 3.05) is 13.2 Å². The van der Waals surface area contributed by atoms with Gasteiger partial charge in [-0.2, -0.15) is 0 Å². The standard InChI is InChI=1S/C14H13NO3/c16-14(18-10-11-4-2-1-3-5-11)15-8-6-13-12(15)7-9-17-13/h1-7H,8-10H2. The van der Waals surface area contributed by atoms with Crippen molar-refractivity contribution in [3.8, 4) is 0 Å². The van der Waals surface area contributed by atoms with E-state index in [1.54, 1.807) is 4.90 Å². The van der Waals surface area contributed by atoms with E-state index in [1.807, 2.05) is 42.5 Å². The Labute approximate surface area is 105 Å². The Morgan fingerprint density at radius 3 is 2.94 bits per heavy atom. The van der Waals surface area contributed by atoms with Crippen molar-refractivity contribution < 1.29 is 14.3 Å². The van der Waals surface area contributed by atoms with Crippen LogP contribution in [0, 0.1) is 0 Å². The summed E-state index contributed by atoms with van der Waals surface area (Å²) in [6, 6.07) is 9.64. The molecule has 4 nitrogen and oxygen atoms in total. The average molecular weight is 243 g/mol. The van der Waals surface area contributed by atoms with Crippen molar-refractivity contribution in [1.29, 1.82) is 0 Å². The van der Waals surface area contributed by atoms with Crippen molar-refractivity contribution in [2.24, 2.45) is 0 Å². The van der Waals surface area contributed by atoms with Gasteiger partial charge in [-0.05, 0) is 17.7 Å². The first-order valence-corrected chi connectivity index (χ1v) is 5.86. The maximum Gasteiger partial charge on any atom is 0.415 e. The zero-order valence-corrected chi connectivity index (χ0v) is 9.83. The molecular formula is C14H13NO3. The van der Waals surface area contributed by atoms with Crippen LogP contribution in [-0.4, -0.2) is 24.1 Å². The summed E-state index contributed by atoms with van der Waals surface area (Å²) < 4.78 is 10.6. The molecule has 18 heavy (non-hydrogen) atoms. The smallest absolute Gasteiger partial charge is 0.415 e. The zero-order valence-electron chi connectivity index (χ0n) is 9.83. The first kappa shape index (κ1) is 10.9. The number of hydrogen-bond donors (Lipinski definition) is 0. The summed E-state index contributed by atoms with van der Waals surface area (Å²) in [4.78, 5) is 13.5. The second kappa shape index (κ2) is 4.56. The normalized spacial score (nSPS) is 16.8. The number of ether oxygens (including phenoxy) is 2. The Morgan fingerprint density at radius 2 is 2.11 bits per heavy atom. The van der Waals surface area contributed by atoms with E-state index in [1.165, 1.54) is 0 Å². The number of carbonyl (C=O) groups excluding carboxylic acids is 1. The molecule has 0 atom stereocenters. The lowest BCUT2D eigenvalue weighted by atomic mass is 10.2. The highest BCUT2D eigenvalue weighted by atomic mass is 16.6. The van der Waals surface area contributed by atoms with Crippen LogP contribution in [0.4, 0.5) is 4.79 Å². The van der Waals surface area contributed by atoms with Gasteiger partial charge in [-0.3, -0.25) is 4.90 Å². The molecule has 0 saturated heterocycles. The molecule has 0 saturated carbocycles. The summed E-state index contributed by atoms with van der Waals surface area (Å²) in [5.41, 5.74) is 1.81. The Bertz CT molecular complexity index is 519. The molecule has 0 bridgehead atoms. The third-order valence-corrected chi connectivity index (χ3v) is 2.94. The first-order chi connectivity index (χ1) is 8.84. The Balaban J connectivity index is 1.60. The second-order valence-electron chi connectivity index (χ2n) is 4.12. The monoisotopic (exact) mass is 243 g/mol. The van der Waals surface area contributed by atoms with E-state index >= 15 is 0 Å². The molecule has 2 aliphatic rings. The SMILES string of the molecule is O=C(OCc1ccccc1)N1CC=C2OCC=C21. The van der Waals surface area contributed by atoms with Gasteiger partial charge in [0.05, 0.1) is 12.2 Å². The second-order valence-corrected chi connectivity index (χ2v) is 4.12. The lowest BCUT2D eigenvalue weighted by Gasteiger charge is -2.16. The summed E-state index contributed by atoms with van der Waals surface area (Å²) in [5, 5.41) is 0. The van der Waals surface area contributed by atoms with Crippen molar-refractivity contribution >= 4 is 6.09 Å². The molecule has 3 rings (SSSR count). The predicted octanol–water partition coefficient (Wildman–Crippen LogP) is 2.44. The topological polar surface area (TPSA) is 38.8 Å². The lowest BCUT2D eigenvalue weighted by Crippen LogP contribution is -2.27. The van der Waals surface area contributed by atoms with Gasteiger partial charge in [-0.15, -0.1) is 0 Å². The highest BCUT2D eigenvalue weighted by molar-refractivity contribution is 5.73. The van der Waals surface area contributed by atoms with E-state index in [0.29, 0.717) is 19.8 Å². The van der Waals surface area contributed by atoms with E-state index in [2.05, 4.69) is 0 Å². The molecule has 92 valence electrons. The molecule has 0 spiro atoms. The molecule has 1 aromatic carbocycles. The summed E-state index contributed by atoms with van der Waals surface area (Å²) in [5.74, 6) is 0.784. The van der Waals surface area contributed by atoms with Crippen LogP contribution in [0.15, 0.2) is 53.9 Å². The Morgan fingerprint density at radius 1 is 1.28 bits per heavy atom. The number of amides is 1. The van der Waals surface area contributed by atoms with Crippen LogP contribution in [0.2, 0.25) is 0 Å². The van der Waals surface area contributed by atoms with Crippen LogP contribution < -0.4 is 0 Å². The number of nitrogens with zero attached hydrogens (tertiary/aromatic N) is 1. The van der Waals surface area contributed by atoms with Crippen LogP contribution >= 0.6 is 0 Å². The fourth-order valence-electron chi connectivity index (χ4n) is 2.03. The molecular weight excluding hydrogens is 230 g/mol. The van der Waals surface area contributed by atoms with Gasteiger partial charge in [0.1, 0.15) is 19.0 Å². The summed E-state index contributed by atoms with van der Waals surface area (Å²) in [6.07, 6.45) is 3.45. The van der Waals surface area contributed by atoms with E-state index < -0.39 is 0 Å². The largest absolute Gasteiger partial charge is 0.488 e. The highest BCUT2D eigenvalue weighted by Gasteiger charge is 2.30.